The third-order valence-corrected chi connectivity index (χ3v) is 4.14. The summed E-state index contributed by atoms with van der Waals surface area (Å²) in [5, 5.41) is 17.9. The van der Waals surface area contributed by atoms with Gasteiger partial charge in [-0.25, -0.2) is 4.68 Å². The van der Waals surface area contributed by atoms with Gasteiger partial charge in [0, 0.05) is 6.54 Å². The normalized spacial score (nSPS) is 10.7. The fourth-order valence-corrected chi connectivity index (χ4v) is 2.96. The number of hydrogen-bond donors (Lipinski definition) is 0. The van der Waals surface area contributed by atoms with Crippen LogP contribution < -0.4 is 0 Å². The molecule has 2 aromatic carbocycles. The van der Waals surface area contributed by atoms with Crippen LogP contribution in [0.5, 0.6) is 0 Å². The molecule has 3 rings (SSSR count). The Kier molecular flexibility index (Phi) is 5.02. The van der Waals surface area contributed by atoms with Gasteiger partial charge in [-0.3, -0.25) is 0 Å². The summed E-state index contributed by atoms with van der Waals surface area (Å²) < 4.78 is 1.90. The SMILES string of the molecule is CCCCn1nnc(C#N)c1C(c1ccccc1)c1ccccc1. The Morgan fingerprint density at radius 2 is 1.58 bits per heavy atom. The number of rotatable bonds is 6. The van der Waals surface area contributed by atoms with Gasteiger partial charge < -0.3 is 0 Å². The molecule has 1 aromatic heterocycles. The number of nitrogens with zero attached hydrogens (tertiary/aromatic N) is 4. The van der Waals surface area contributed by atoms with E-state index in [-0.39, 0.29) is 5.92 Å². The lowest BCUT2D eigenvalue weighted by atomic mass is 9.87. The zero-order valence-corrected chi connectivity index (χ0v) is 13.8. The third kappa shape index (κ3) is 3.21. The summed E-state index contributed by atoms with van der Waals surface area (Å²) in [6.07, 6.45) is 2.08. The molecule has 3 aromatic rings. The second kappa shape index (κ2) is 7.56. The Balaban J connectivity index is 2.17. The first-order chi connectivity index (χ1) is 11.8. The fraction of sp³-hybridized carbons (Fsp3) is 0.250. The standard InChI is InChI=1S/C20H20N4/c1-2-3-14-24-20(18(15-21)22-23-24)19(16-10-6-4-7-11-16)17-12-8-5-9-13-17/h4-13,19H,2-3,14H2,1H3. The summed E-state index contributed by atoms with van der Waals surface area (Å²) >= 11 is 0. The molecule has 24 heavy (non-hydrogen) atoms. The summed E-state index contributed by atoms with van der Waals surface area (Å²) in [5.74, 6) is -0.0473. The summed E-state index contributed by atoms with van der Waals surface area (Å²) in [4.78, 5) is 0. The van der Waals surface area contributed by atoms with Gasteiger partial charge in [-0.05, 0) is 17.5 Å². The van der Waals surface area contributed by atoms with Crippen molar-refractivity contribution >= 4 is 0 Å². The molecule has 0 aliphatic rings. The number of hydrogen-bond acceptors (Lipinski definition) is 3. The van der Waals surface area contributed by atoms with E-state index in [1.54, 1.807) is 0 Å². The number of nitriles is 1. The van der Waals surface area contributed by atoms with E-state index in [9.17, 15) is 5.26 Å². The third-order valence-electron chi connectivity index (χ3n) is 4.14. The van der Waals surface area contributed by atoms with Crippen molar-refractivity contribution in [3.05, 3.63) is 83.2 Å². The van der Waals surface area contributed by atoms with Gasteiger partial charge in [0.1, 0.15) is 6.07 Å². The minimum Gasteiger partial charge on any atom is -0.247 e. The van der Waals surface area contributed by atoms with Gasteiger partial charge in [0.05, 0.1) is 11.6 Å². The van der Waals surface area contributed by atoms with Crippen LogP contribution in [0, 0.1) is 11.3 Å². The van der Waals surface area contributed by atoms with E-state index in [1.165, 1.54) is 0 Å². The minimum absolute atomic E-state index is 0.0473. The summed E-state index contributed by atoms with van der Waals surface area (Å²) in [5.41, 5.74) is 3.56. The molecule has 0 aliphatic heterocycles. The van der Waals surface area contributed by atoms with Crippen LogP contribution >= 0.6 is 0 Å². The van der Waals surface area contributed by atoms with Crippen molar-refractivity contribution in [1.82, 2.24) is 15.0 Å². The average Bonchev–Trinajstić information content (AvgIpc) is 3.05. The molecule has 0 amide bonds. The Bertz CT molecular complexity index is 776. The van der Waals surface area contributed by atoms with E-state index in [4.69, 9.17) is 0 Å². The molecule has 0 bridgehead atoms. The smallest absolute Gasteiger partial charge is 0.186 e. The summed E-state index contributed by atoms with van der Waals surface area (Å²) in [6, 6.07) is 22.7. The van der Waals surface area contributed by atoms with Crippen LogP contribution in [0.25, 0.3) is 0 Å². The zero-order valence-electron chi connectivity index (χ0n) is 13.8. The molecule has 1 heterocycles. The number of aromatic nitrogens is 3. The average molecular weight is 316 g/mol. The largest absolute Gasteiger partial charge is 0.247 e. The van der Waals surface area contributed by atoms with E-state index in [0.29, 0.717) is 5.69 Å². The molecule has 4 nitrogen and oxygen atoms in total. The Labute approximate surface area is 142 Å². The Morgan fingerprint density at radius 1 is 1.00 bits per heavy atom. The van der Waals surface area contributed by atoms with Crippen LogP contribution in [0.2, 0.25) is 0 Å². The fourth-order valence-electron chi connectivity index (χ4n) is 2.96. The molecule has 0 atom stereocenters. The maximum atomic E-state index is 9.53. The van der Waals surface area contributed by atoms with Gasteiger partial charge in [0.25, 0.3) is 0 Å². The molecule has 0 saturated carbocycles. The molecule has 0 radical (unpaired) electrons. The van der Waals surface area contributed by atoms with Gasteiger partial charge in [-0.2, -0.15) is 5.26 Å². The van der Waals surface area contributed by atoms with Crippen molar-refractivity contribution in [1.29, 1.82) is 5.26 Å². The topological polar surface area (TPSA) is 54.5 Å². The molecule has 120 valence electrons. The van der Waals surface area contributed by atoms with Crippen LogP contribution in [0.3, 0.4) is 0 Å². The Hall–Kier alpha value is -2.93. The van der Waals surface area contributed by atoms with E-state index in [0.717, 1.165) is 36.2 Å². The van der Waals surface area contributed by atoms with E-state index in [2.05, 4.69) is 47.6 Å². The van der Waals surface area contributed by atoms with E-state index in [1.807, 2.05) is 41.1 Å². The van der Waals surface area contributed by atoms with Crippen molar-refractivity contribution in [2.24, 2.45) is 0 Å². The van der Waals surface area contributed by atoms with E-state index >= 15 is 0 Å². The second-order valence-electron chi connectivity index (χ2n) is 5.77. The van der Waals surface area contributed by atoms with Crippen molar-refractivity contribution in [2.75, 3.05) is 0 Å². The zero-order chi connectivity index (χ0) is 16.8. The summed E-state index contributed by atoms with van der Waals surface area (Å²) in [6.45, 7) is 2.92. The van der Waals surface area contributed by atoms with Gasteiger partial charge in [-0.15, -0.1) is 5.10 Å². The van der Waals surface area contributed by atoms with Gasteiger partial charge in [0.2, 0.25) is 0 Å². The van der Waals surface area contributed by atoms with Crippen LogP contribution in [-0.2, 0) is 6.54 Å². The van der Waals surface area contributed by atoms with Gasteiger partial charge in [-0.1, -0.05) is 79.2 Å². The molecule has 0 fully saturated rings. The first kappa shape index (κ1) is 15.9. The van der Waals surface area contributed by atoms with Crippen LogP contribution in [0.1, 0.15) is 48.2 Å². The second-order valence-corrected chi connectivity index (χ2v) is 5.77. The Morgan fingerprint density at radius 3 is 2.08 bits per heavy atom. The minimum atomic E-state index is -0.0473. The highest BCUT2D eigenvalue weighted by atomic mass is 15.4. The van der Waals surface area contributed by atoms with Crippen molar-refractivity contribution in [2.45, 2.75) is 32.2 Å². The van der Waals surface area contributed by atoms with Crippen molar-refractivity contribution in [3.63, 3.8) is 0 Å². The predicted octanol–water partition coefficient (Wildman–Crippen LogP) is 4.13. The van der Waals surface area contributed by atoms with Gasteiger partial charge >= 0.3 is 0 Å². The van der Waals surface area contributed by atoms with Crippen LogP contribution in [0.15, 0.2) is 60.7 Å². The highest BCUT2D eigenvalue weighted by Crippen LogP contribution is 2.33. The molecule has 4 heteroatoms. The first-order valence-electron chi connectivity index (χ1n) is 8.28. The molecule has 0 spiro atoms. The number of aryl methyl sites for hydroxylation is 1. The first-order valence-corrected chi connectivity index (χ1v) is 8.28. The number of unbranched alkanes of at least 4 members (excludes halogenated alkanes) is 1. The molecule has 0 aliphatic carbocycles. The lowest BCUT2D eigenvalue weighted by Crippen LogP contribution is -2.13. The number of benzene rings is 2. The molecular weight excluding hydrogens is 296 g/mol. The molecule has 0 saturated heterocycles. The maximum absolute atomic E-state index is 9.53. The molecule has 0 N–H and O–H groups in total. The monoisotopic (exact) mass is 316 g/mol. The summed E-state index contributed by atoms with van der Waals surface area (Å²) in [7, 11) is 0. The van der Waals surface area contributed by atoms with Crippen molar-refractivity contribution < 1.29 is 0 Å². The highest BCUT2D eigenvalue weighted by Gasteiger charge is 2.25. The van der Waals surface area contributed by atoms with E-state index < -0.39 is 0 Å². The van der Waals surface area contributed by atoms with Gasteiger partial charge in [0.15, 0.2) is 5.69 Å². The highest BCUT2D eigenvalue weighted by molar-refractivity contribution is 5.44. The lowest BCUT2D eigenvalue weighted by Gasteiger charge is -2.19. The molecular formula is C20H20N4. The predicted molar refractivity (Wildman–Crippen MR) is 93.5 cm³/mol. The quantitative estimate of drug-likeness (QED) is 0.687. The maximum Gasteiger partial charge on any atom is 0.186 e. The lowest BCUT2D eigenvalue weighted by molar-refractivity contribution is 0.529. The van der Waals surface area contributed by atoms with Crippen LogP contribution in [0.4, 0.5) is 0 Å². The van der Waals surface area contributed by atoms with Crippen molar-refractivity contribution in [3.8, 4) is 6.07 Å². The van der Waals surface area contributed by atoms with Crippen LogP contribution in [-0.4, -0.2) is 15.0 Å². The molecule has 0 unspecified atom stereocenters.